The first-order chi connectivity index (χ1) is 16.5. The second-order valence-electron chi connectivity index (χ2n) is 7.87. The van der Waals surface area contributed by atoms with Gasteiger partial charge in [-0.05, 0) is 51.7 Å². The molecule has 0 saturated carbocycles. The van der Waals surface area contributed by atoms with Gasteiger partial charge in [-0.3, -0.25) is 9.59 Å². The molecule has 0 aromatic heterocycles. The van der Waals surface area contributed by atoms with Gasteiger partial charge in [-0.15, -0.1) is 0 Å². The van der Waals surface area contributed by atoms with Crippen LogP contribution >= 0.6 is 27.5 Å². The van der Waals surface area contributed by atoms with Crippen LogP contribution in [0.15, 0.2) is 83.3 Å². The quantitative estimate of drug-likeness (QED) is 0.340. The van der Waals surface area contributed by atoms with Crippen LogP contribution in [0.1, 0.15) is 24.5 Å². The number of rotatable bonds is 11. The first-order valence-electron chi connectivity index (χ1n) is 11.2. The summed E-state index contributed by atoms with van der Waals surface area (Å²) in [7, 11) is 0. The molecule has 0 aliphatic rings. The topological polar surface area (TPSA) is 58.6 Å². The average molecular weight is 544 g/mol. The van der Waals surface area contributed by atoms with E-state index in [1.165, 1.54) is 0 Å². The van der Waals surface area contributed by atoms with Crippen molar-refractivity contribution in [3.63, 3.8) is 0 Å². The summed E-state index contributed by atoms with van der Waals surface area (Å²) in [6.07, 6.45) is 1.21. The van der Waals surface area contributed by atoms with Crippen molar-refractivity contribution < 1.29 is 14.3 Å². The fourth-order valence-corrected chi connectivity index (χ4v) is 4.31. The number of hydrogen-bond donors (Lipinski definition) is 1. The van der Waals surface area contributed by atoms with Crippen LogP contribution < -0.4 is 10.1 Å². The van der Waals surface area contributed by atoms with Crippen molar-refractivity contribution in [1.29, 1.82) is 0 Å². The molecule has 0 spiro atoms. The van der Waals surface area contributed by atoms with E-state index in [4.69, 9.17) is 16.3 Å². The summed E-state index contributed by atoms with van der Waals surface area (Å²) >= 11 is 9.42. The Labute approximate surface area is 214 Å². The Hall–Kier alpha value is -2.83. The van der Waals surface area contributed by atoms with E-state index in [2.05, 4.69) is 21.2 Å². The van der Waals surface area contributed by atoms with Gasteiger partial charge in [0.15, 0.2) is 6.61 Å². The van der Waals surface area contributed by atoms with Gasteiger partial charge in [-0.1, -0.05) is 79.2 Å². The van der Waals surface area contributed by atoms with Gasteiger partial charge < -0.3 is 15.0 Å². The molecule has 1 N–H and O–H groups in total. The number of nitrogens with zero attached hydrogens (tertiary/aromatic N) is 1. The van der Waals surface area contributed by atoms with Crippen molar-refractivity contribution in [2.24, 2.45) is 0 Å². The van der Waals surface area contributed by atoms with Gasteiger partial charge in [-0.25, -0.2) is 0 Å². The zero-order valence-corrected chi connectivity index (χ0v) is 21.4. The molecule has 0 heterocycles. The number of benzene rings is 3. The highest BCUT2D eigenvalue weighted by Crippen LogP contribution is 2.28. The maximum atomic E-state index is 13.5. The maximum Gasteiger partial charge on any atom is 0.261 e. The summed E-state index contributed by atoms with van der Waals surface area (Å²) in [6, 6.07) is 23.8. The molecule has 178 valence electrons. The van der Waals surface area contributed by atoms with Gasteiger partial charge in [0.2, 0.25) is 5.91 Å². The van der Waals surface area contributed by atoms with Crippen LogP contribution in [0.2, 0.25) is 5.02 Å². The summed E-state index contributed by atoms with van der Waals surface area (Å²) in [6.45, 7) is 2.63. The smallest absolute Gasteiger partial charge is 0.261 e. The maximum absolute atomic E-state index is 13.5. The van der Waals surface area contributed by atoms with E-state index in [1.54, 1.807) is 23.1 Å². The lowest BCUT2D eigenvalue weighted by molar-refractivity contribution is -0.142. The molecule has 3 aromatic rings. The van der Waals surface area contributed by atoms with Crippen LogP contribution in [0.4, 0.5) is 0 Å². The molecule has 0 aliphatic carbocycles. The molecule has 0 bridgehead atoms. The van der Waals surface area contributed by atoms with Crippen molar-refractivity contribution in [2.75, 3.05) is 13.2 Å². The van der Waals surface area contributed by atoms with Crippen LogP contribution in [-0.4, -0.2) is 35.9 Å². The Morgan fingerprint density at radius 1 is 1.00 bits per heavy atom. The molecule has 2 amide bonds. The number of carbonyl (C=O) groups excluding carboxylic acids is 2. The molecule has 1 atom stereocenters. The lowest BCUT2D eigenvalue weighted by Crippen LogP contribution is -2.51. The molecule has 5 nitrogen and oxygen atoms in total. The van der Waals surface area contributed by atoms with Crippen molar-refractivity contribution >= 4 is 39.3 Å². The van der Waals surface area contributed by atoms with Crippen molar-refractivity contribution in [3.05, 3.63) is 99.5 Å². The Morgan fingerprint density at radius 3 is 2.26 bits per heavy atom. The molecule has 0 radical (unpaired) electrons. The summed E-state index contributed by atoms with van der Waals surface area (Å²) in [5, 5.41) is 3.53. The predicted molar refractivity (Wildman–Crippen MR) is 139 cm³/mol. The molecule has 3 rings (SSSR count). The minimum absolute atomic E-state index is 0.178. The largest absolute Gasteiger partial charge is 0.483 e. The Balaban J connectivity index is 1.87. The highest BCUT2D eigenvalue weighted by Gasteiger charge is 2.30. The van der Waals surface area contributed by atoms with Crippen molar-refractivity contribution in [3.8, 4) is 5.75 Å². The van der Waals surface area contributed by atoms with E-state index in [9.17, 15) is 9.59 Å². The molecule has 1 unspecified atom stereocenters. The lowest BCUT2D eigenvalue weighted by atomic mass is 10.0. The van der Waals surface area contributed by atoms with Gasteiger partial charge in [0.1, 0.15) is 11.8 Å². The normalized spacial score (nSPS) is 11.5. The second-order valence-corrected chi connectivity index (χ2v) is 9.16. The molecular weight excluding hydrogens is 516 g/mol. The van der Waals surface area contributed by atoms with Crippen LogP contribution in [0.3, 0.4) is 0 Å². The van der Waals surface area contributed by atoms with Crippen LogP contribution in [0.5, 0.6) is 5.75 Å². The summed E-state index contributed by atoms with van der Waals surface area (Å²) in [5.41, 5.74) is 1.91. The highest BCUT2D eigenvalue weighted by atomic mass is 79.9. The van der Waals surface area contributed by atoms with E-state index in [-0.39, 0.29) is 18.4 Å². The standard InChI is InChI=1S/C27H28BrClN2O3/c1-2-15-30-27(33)24(16-20-9-5-3-6-10-20)31(18-21-11-7-4-8-12-21)26(32)19-34-25-14-13-22(29)17-23(25)28/h3-14,17,24H,2,15-16,18-19H2,1H3,(H,30,33). The monoisotopic (exact) mass is 542 g/mol. The SMILES string of the molecule is CCCNC(=O)C(Cc1ccccc1)N(Cc1ccccc1)C(=O)COc1ccc(Cl)cc1Br. The first-order valence-corrected chi connectivity index (χ1v) is 12.4. The van der Waals surface area contributed by atoms with E-state index in [0.29, 0.717) is 34.8 Å². The molecule has 0 saturated heterocycles. The molecule has 34 heavy (non-hydrogen) atoms. The van der Waals surface area contributed by atoms with Crippen LogP contribution in [0, 0.1) is 0 Å². The van der Waals surface area contributed by atoms with E-state index in [1.807, 2.05) is 67.6 Å². The Bertz CT molecular complexity index is 1080. The summed E-state index contributed by atoms with van der Waals surface area (Å²) in [5.74, 6) is 0.0494. The average Bonchev–Trinajstić information content (AvgIpc) is 2.85. The lowest BCUT2D eigenvalue weighted by Gasteiger charge is -2.31. The number of halogens is 2. The van der Waals surface area contributed by atoms with Gasteiger partial charge in [0.25, 0.3) is 5.91 Å². The highest BCUT2D eigenvalue weighted by molar-refractivity contribution is 9.10. The van der Waals surface area contributed by atoms with Crippen LogP contribution in [0.25, 0.3) is 0 Å². The van der Waals surface area contributed by atoms with Gasteiger partial charge in [0, 0.05) is 24.5 Å². The number of nitrogens with one attached hydrogen (secondary N) is 1. The van der Waals surface area contributed by atoms with Crippen molar-refractivity contribution in [1.82, 2.24) is 10.2 Å². The molecule has 3 aromatic carbocycles. The Morgan fingerprint density at radius 2 is 1.65 bits per heavy atom. The number of hydrogen-bond acceptors (Lipinski definition) is 3. The fraction of sp³-hybridized carbons (Fsp3) is 0.259. The van der Waals surface area contributed by atoms with Crippen molar-refractivity contribution in [2.45, 2.75) is 32.4 Å². The Kier molecular flexibility index (Phi) is 9.98. The predicted octanol–water partition coefficient (Wildman–Crippen LogP) is 5.65. The van der Waals surface area contributed by atoms with E-state index in [0.717, 1.165) is 17.5 Å². The fourth-order valence-electron chi connectivity index (χ4n) is 3.51. The zero-order valence-electron chi connectivity index (χ0n) is 19.0. The minimum Gasteiger partial charge on any atom is -0.483 e. The third-order valence-electron chi connectivity index (χ3n) is 5.26. The first kappa shape index (κ1) is 25.8. The zero-order chi connectivity index (χ0) is 24.3. The second kappa shape index (κ2) is 13.2. The summed E-state index contributed by atoms with van der Waals surface area (Å²) in [4.78, 5) is 28.3. The third-order valence-corrected chi connectivity index (χ3v) is 6.12. The number of ether oxygens (including phenoxy) is 1. The minimum atomic E-state index is -0.682. The van der Waals surface area contributed by atoms with Crippen LogP contribution in [-0.2, 0) is 22.6 Å². The molecule has 0 fully saturated rings. The molecular formula is C27H28BrClN2O3. The van der Waals surface area contributed by atoms with E-state index < -0.39 is 6.04 Å². The van der Waals surface area contributed by atoms with Gasteiger partial charge >= 0.3 is 0 Å². The van der Waals surface area contributed by atoms with E-state index >= 15 is 0 Å². The number of amides is 2. The molecule has 0 aliphatic heterocycles. The number of carbonyl (C=O) groups is 2. The summed E-state index contributed by atoms with van der Waals surface area (Å²) < 4.78 is 6.46. The third kappa shape index (κ3) is 7.61. The van der Waals surface area contributed by atoms with Gasteiger partial charge in [0.05, 0.1) is 4.47 Å². The van der Waals surface area contributed by atoms with Gasteiger partial charge in [-0.2, -0.15) is 0 Å². The molecule has 7 heteroatoms.